The molecule has 106 valence electrons. The van der Waals surface area contributed by atoms with Crippen molar-refractivity contribution in [1.29, 1.82) is 5.26 Å². The quantitative estimate of drug-likeness (QED) is 0.717. The average Bonchev–Trinajstić information content (AvgIpc) is 2.53. The van der Waals surface area contributed by atoms with E-state index >= 15 is 0 Å². The fraction of sp³-hybridized carbons (Fsp3) is 0.538. The number of hydrogen-bond acceptors (Lipinski definition) is 7. The maximum atomic E-state index is 11.1. The lowest BCUT2D eigenvalue weighted by Crippen LogP contribution is -2.47. The smallest absolute Gasteiger partial charge is 0.306 e. The van der Waals surface area contributed by atoms with E-state index in [4.69, 9.17) is 5.26 Å². The number of esters is 1. The van der Waals surface area contributed by atoms with Crippen molar-refractivity contribution in [3.8, 4) is 6.07 Å². The third kappa shape index (κ3) is 3.42. The van der Waals surface area contributed by atoms with Gasteiger partial charge in [0.2, 0.25) is 0 Å². The summed E-state index contributed by atoms with van der Waals surface area (Å²) in [6.45, 7) is 3.91. The van der Waals surface area contributed by atoms with Gasteiger partial charge in [0.25, 0.3) is 0 Å². The van der Waals surface area contributed by atoms with Gasteiger partial charge in [-0.1, -0.05) is 0 Å². The van der Waals surface area contributed by atoms with E-state index in [0.29, 0.717) is 24.5 Å². The third-order valence-corrected chi connectivity index (χ3v) is 3.32. The molecule has 0 amide bonds. The monoisotopic (exact) mass is 275 g/mol. The van der Waals surface area contributed by atoms with Gasteiger partial charge in [0.1, 0.15) is 6.07 Å². The summed E-state index contributed by atoms with van der Waals surface area (Å²) >= 11 is 0. The minimum Gasteiger partial charge on any atom is -0.469 e. The minimum absolute atomic E-state index is 0.187. The van der Waals surface area contributed by atoms with Gasteiger partial charge in [-0.3, -0.25) is 9.69 Å². The molecule has 0 radical (unpaired) electrons. The van der Waals surface area contributed by atoms with Crippen molar-refractivity contribution < 1.29 is 9.53 Å². The lowest BCUT2D eigenvalue weighted by molar-refractivity contribution is -0.141. The van der Waals surface area contributed by atoms with Crippen LogP contribution in [0.1, 0.15) is 12.1 Å². The molecule has 1 aliphatic rings. The van der Waals surface area contributed by atoms with E-state index in [9.17, 15) is 4.79 Å². The van der Waals surface area contributed by atoms with Crippen LogP contribution in [0.4, 0.5) is 5.82 Å². The normalized spacial score (nSPS) is 15.7. The molecule has 1 aliphatic heterocycles. The largest absolute Gasteiger partial charge is 0.469 e. The first-order chi connectivity index (χ1) is 9.74. The lowest BCUT2D eigenvalue weighted by Gasteiger charge is -2.35. The number of anilines is 1. The molecule has 0 atom stereocenters. The standard InChI is InChI=1S/C13H17N5O2/c1-20-12(19)2-5-17-6-8-18(9-7-17)13-11(10-14)15-3-4-16-13/h3-4H,2,5-9H2,1H3. The van der Waals surface area contributed by atoms with Gasteiger partial charge < -0.3 is 9.64 Å². The van der Waals surface area contributed by atoms with Crippen LogP contribution in [0.25, 0.3) is 0 Å². The van der Waals surface area contributed by atoms with Crippen LogP contribution in [0.5, 0.6) is 0 Å². The van der Waals surface area contributed by atoms with Crippen molar-refractivity contribution in [2.45, 2.75) is 6.42 Å². The molecule has 2 rings (SSSR count). The molecular formula is C13H17N5O2. The van der Waals surface area contributed by atoms with Gasteiger partial charge in [-0.05, 0) is 0 Å². The topological polar surface area (TPSA) is 82.3 Å². The molecule has 20 heavy (non-hydrogen) atoms. The number of ether oxygens (including phenoxy) is 1. The predicted molar refractivity (Wildman–Crippen MR) is 72.0 cm³/mol. The number of carbonyl (C=O) groups excluding carboxylic acids is 1. The summed E-state index contributed by atoms with van der Waals surface area (Å²) in [7, 11) is 1.40. The van der Waals surface area contributed by atoms with Gasteiger partial charge in [-0.25, -0.2) is 9.97 Å². The Morgan fingerprint density at radius 1 is 1.35 bits per heavy atom. The van der Waals surface area contributed by atoms with E-state index in [0.717, 1.165) is 26.2 Å². The molecule has 0 N–H and O–H groups in total. The molecule has 0 aliphatic carbocycles. The van der Waals surface area contributed by atoms with Crippen LogP contribution < -0.4 is 4.90 Å². The first-order valence-corrected chi connectivity index (χ1v) is 6.50. The molecule has 2 heterocycles. The fourth-order valence-corrected chi connectivity index (χ4v) is 2.18. The molecule has 1 saturated heterocycles. The fourth-order valence-electron chi connectivity index (χ4n) is 2.18. The number of aromatic nitrogens is 2. The van der Waals surface area contributed by atoms with E-state index in [1.165, 1.54) is 13.3 Å². The van der Waals surface area contributed by atoms with Gasteiger partial charge in [0, 0.05) is 45.1 Å². The summed E-state index contributed by atoms with van der Waals surface area (Å²) in [6, 6.07) is 2.06. The van der Waals surface area contributed by atoms with Crippen molar-refractivity contribution >= 4 is 11.8 Å². The van der Waals surface area contributed by atoms with Crippen molar-refractivity contribution in [1.82, 2.24) is 14.9 Å². The van der Waals surface area contributed by atoms with Crippen molar-refractivity contribution in [3.63, 3.8) is 0 Å². The second kappa shape index (κ2) is 6.82. The second-order valence-electron chi connectivity index (χ2n) is 4.50. The van der Waals surface area contributed by atoms with Crippen LogP contribution in [0.15, 0.2) is 12.4 Å². The molecule has 1 fully saturated rings. The first-order valence-electron chi connectivity index (χ1n) is 6.50. The molecule has 0 unspecified atom stereocenters. The summed E-state index contributed by atoms with van der Waals surface area (Å²) in [5.41, 5.74) is 0.357. The van der Waals surface area contributed by atoms with Crippen molar-refractivity contribution in [3.05, 3.63) is 18.1 Å². The van der Waals surface area contributed by atoms with Crippen LogP contribution in [0.2, 0.25) is 0 Å². The number of carbonyl (C=O) groups is 1. The zero-order valence-corrected chi connectivity index (χ0v) is 11.4. The van der Waals surface area contributed by atoms with Gasteiger partial charge in [0.05, 0.1) is 13.5 Å². The Labute approximate surface area is 117 Å². The highest BCUT2D eigenvalue weighted by Crippen LogP contribution is 2.16. The Bertz CT molecular complexity index is 506. The molecule has 0 bridgehead atoms. The number of methoxy groups -OCH3 is 1. The maximum Gasteiger partial charge on any atom is 0.306 e. The van der Waals surface area contributed by atoms with E-state index in [1.807, 2.05) is 0 Å². The second-order valence-corrected chi connectivity index (χ2v) is 4.50. The highest BCUT2D eigenvalue weighted by molar-refractivity contribution is 5.69. The Morgan fingerprint density at radius 2 is 2.05 bits per heavy atom. The SMILES string of the molecule is COC(=O)CCN1CCN(c2nccnc2C#N)CC1. The Kier molecular flexibility index (Phi) is 4.85. The molecular weight excluding hydrogens is 258 g/mol. The summed E-state index contributed by atoms with van der Waals surface area (Å²) in [6.07, 6.45) is 3.53. The van der Waals surface area contributed by atoms with E-state index in [-0.39, 0.29) is 5.97 Å². The molecule has 1 aromatic heterocycles. The van der Waals surface area contributed by atoms with Crippen molar-refractivity contribution in [2.75, 3.05) is 44.7 Å². The van der Waals surface area contributed by atoms with Gasteiger partial charge in [-0.15, -0.1) is 0 Å². The van der Waals surface area contributed by atoms with E-state index < -0.39 is 0 Å². The van der Waals surface area contributed by atoms with Crippen LogP contribution >= 0.6 is 0 Å². The first kappa shape index (κ1) is 14.2. The van der Waals surface area contributed by atoms with Gasteiger partial charge in [-0.2, -0.15) is 5.26 Å². The van der Waals surface area contributed by atoms with Crippen LogP contribution in [0.3, 0.4) is 0 Å². The Morgan fingerprint density at radius 3 is 2.70 bits per heavy atom. The summed E-state index contributed by atoms with van der Waals surface area (Å²) in [4.78, 5) is 23.6. The number of rotatable bonds is 4. The minimum atomic E-state index is -0.187. The number of piperazine rings is 1. The van der Waals surface area contributed by atoms with Gasteiger partial charge in [0.15, 0.2) is 11.5 Å². The number of nitriles is 1. The van der Waals surface area contributed by atoms with Gasteiger partial charge >= 0.3 is 5.97 Å². The molecule has 7 heteroatoms. The van der Waals surface area contributed by atoms with Crippen LogP contribution in [0, 0.1) is 11.3 Å². The Hall–Kier alpha value is -2.20. The third-order valence-electron chi connectivity index (χ3n) is 3.32. The van der Waals surface area contributed by atoms with E-state index in [1.54, 1.807) is 6.20 Å². The summed E-state index contributed by atoms with van der Waals surface area (Å²) in [5, 5.41) is 9.03. The molecule has 1 aromatic rings. The zero-order valence-electron chi connectivity index (χ0n) is 11.4. The number of hydrogen-bond donors (Lipinski definition) is 0. The van der Waals surface area contributed by atoms with E-state index in [2.05, 4.69) is 30.6 Å². The van der Waals surface area contributed by atoms with Crippen LogP contribution in [-0.4, -0.2) is 60.7 Å². The van der Waals surface area contributed by atoms with Crippen molar-refractivity contribution in [2.24, 2.45) is 0 Å². The highest BCUT2D eigenvalue weighted by Gasteiger charge is 2.21. The lowest BCUT2D eigenvalue weighted by atomic mass is 10.2. The maximum absolute atomic E-state index is 11.1. The molecule has 0 saturated carbocycles. The predicted octanol–water partition coefficient (Wildman–Crippen LogP) is 0.0334. The number of nitrogens with zero attached hydrogens (tertiary/aromatic N) is 5. The summed E-state index contributed by atoms with van der Waals surface area (Å²) in [5.74, 6) is 0.454. The zero-order chi connectivity index (χ0) is 14.4. The Balaban J connectivity index is 1.88. The molecule has 0 spiro atoms. The summed E-state index contributed by atoms with van der Waals surface area (Å²) < 4.78 is 4.63. The van der Waals surface area contributed by atoms with Crippen LogP contribution in [-0.2, 0) is 9.53 Å². The molecule has 0 aromatic carbocycles. The highest BCUT2D eigenvalue weighted by atomic mass is 16.5. The molecule has 7 nitrogen and oxygen atoms in total. The average molecular weight is 275 g/mol.